The fourth-order valence-electron chi connectivity index (χ4n) is 1.76. The molecule has 0 saturated heterocycles. The number of aryl methyl sites for hydroxylation is 2. The Hall–Kier alpha value is -2.50. The van der Waals surface area contributed by atoms with Crippen LogP contribution < -0.4 is 16.8 Å². The molecule has 0 spiro atoms. The lowest BCUT2D eigenvalue weighted by Crippen LogP contribution is -2.14. The second-order valence-electron chi connectivity index (χ2n) is 4.06. The molecule has 6 heteroatoms. The van der Waals surface area contributed by atoms with E-state index < -0.39 is 5.91 Å². The first kappa shape index (κ1) is 12.0. The van der Waals surface area contributed by atoms with E-state index in [0.29, 0.717) is 16.9 Å². The predicted octanol–water partition coefficient (Wildman–Crippen LogP) is 1.15. The number of anilines is 3. The summed E-state index contributed by atoms with van der Waals surface area (Å²) in [5.74, 6) is -0.543. The Balaban J connectivity index is 2.38. The Morgan fingerprint density at radius 1 is 1.39 bits per heavy atom. The van der Waals surface area contributed by atoms with Crippen LogP contribution in [0.5, 0.6) is 0 Å². The highest BCUT2D eigenvalue weighted by Crippen LogP contribution is 2.27. The Bertz CT molecular complexity index is 603. The Labute approximate surface area is 105 Å². The molecule has 0 saturated carbocycles. The van der Waals surface area contributed by atoms with Gasteiger partial charge in [0, 0.05) is 13.2 Å². The number of primary amides is 1. The van der Waals surface area contributed by atoms with Crippen molar-refractivity contribution in [3.8, 4) is 0 Å². The van der Waals surface area contributed by atoms with E-state index in [1.165, 1.54) is 0 Å². The molecule has 0 radical (unpaired) electrons. The summed E-state index contributed by atoms with van der Waals surface area (Å²) in [6.45, 7) is 1.89. The molecule has 0 aliphatic carbocycles. The fourth-order valence-corrected chi connectivity index (χ4v) is 1.76. The first-order valence-electron chi connectivity index (χ1n) is 5.44. The molecule has 94 valence electrons. The van der Waals surface area contributed by atoms with Gasteiger partial charge in [-0.05, 0) is 19.1 Å². The number of rotatable bonds is 3. The van der Waals surface area contributed by atoms with Gasteiger partial charge < -0.3 is 16.8 Å². The number of nitrogens with zero attached hydrogens (tertiary/aromatic N) is 2. The predicted molar refractivity (Wildman–Crippen MR) is 70.6 cm³/mol. The topological polar surface area (TPSA) is 99.0 Å². The van der Waals surface area contributed by atoms with Gasteiger partial charge in [0.05, 0.1) is 28.3 Å². The van der Waals surface area contributed by atoms with E-state index in [1.807, 2.05) is 20.2 Å². The van der Waals surface area contributed by atoms with Gasteiger partial charge in [-0.15, -0.1) is 0 Å². The molecule has 2 aromatic rings. The molecule has 1 amide bonds. The molecule has 5 N–H and O–H groups in total. The number of nitrogen functional groups attached to an aromatic ring is 1. The number of nitrogens with one attached hydrogen (secondary N) is 1. The van der Waals surface area contributed by atoms with Crippen molar-refractivity contribution in [2.24, 2.45) is 12.8 Å². The van der Waals surface area contributed by atoms with Gasteiger partial charge in [0.2, 0.25) is 0 Å². The maximum absolute atomic E-state index is 11.2. The zero-order valence-electron chi connectivity index (χ0n) is 10.3. The average Bonchev–Trinajstić information content (AvgIpc) is 2.60. The van der Waals surface area contributed by atoms with Gasteiger partial charge in [0.1, 0.15) is 0 Å². The third-order valence-electron chi connectivity index (χ3n) is 2.65. The molecular formula is C12H15N5O. The Morgan fingerprint density at radius 3 is 2.67 bits per heavy atom. The van der Waals surface area contributed by atoms with Gasteiger partial charge in [-0.1, -0.05) is 6.07 Å². The normalized spacial score (nSPS) is 10.3. The van der Waals surface area contributed by atoms with Crippen LogP contribution in [-0.4, -0.2) is 15.7 Å². The van der Waals surface area contributed by atoms with Crippen molar-refractivity contribution in [2.45, 2.75) is 6.92 Å². The SMILES string of the molecule is Cc1nn(C)cc1Nc1cccc(C(N)=O)c1N. The molecule has 6 nitrogen and oxygen atoms in total. The minimum atomic E-state index is -0.543. The molecular weight excluding hydrogens is 230 g/mol. The third-order valence-corrected chi connectivity index (χ3v) is 2.65. The van der Waals surface area contributed by atoms with Crippen molar-refractivity contribution in [1.82, 2.24) is 9.78 Å². The smallest absolute Gasteiger partial charge is 0.250 e. The molecule has 0 unspecified atom stereocenters. The minimum absolute atomic E-state index is 0.307. The molecule has 1 heterocycles. The largest absolute Gasteiger partial charge is 0.396 e. The minimum Gasteiger partial charge on any atom is -0.396 e. The first-order chi connectivity index (χ1) is 8.49. The Kier molecular flexibility index (Phi) is 2.93. The first-order valence-corrected chi connectivity index (χ1v) is 5.44. The van der Waals surface area contributed by atoms with Crippen LogP contribution in [0.2, 0.25) is 0 Å². The molecule has 1 aromatic heterocycles. The van der Waals surface area contributed by atoms with Crippen molar-refractivity contribution in [2.75, 3.05) is 11.1 Å². The van der Waals surface area contributed by atoms with Crippen LogP contribution in [0.15, 0.2) is 24.4 Å². The van der Waals surface area contributed by atoms with Crippen molar-refractivity contribution >= 4 is 23.0 Å². The van der Waals surface area contributed by atoms with E-state index in [2.05, 4.69) is 10.4 Å². The van der Waals surface area contributed by atoms with Crippen LogP contribution in [0.25, 0.3) is 0 Å². The van der Waals surface area contributed by atoms with Crippen LogP contribution in [0, 0.1) is 6.92 Å². The standard InChI is InChI=1S/C12H15N5O/c1-7-10(6-17(2)16-7)15-9-5-3-4-8(11(9)13)12(14)18/h3-6,15H,13H2,1-2H3,(H2,14,18). The lowest BCUT2D eigenvalue weighted by atomic mass is 10.1. The average molecular weight is 245 g/mol. The third kappa shape index (κ3) is 2.13. The van der Waals surface area contributed by atoms with E-state index in [1.54, 1.807) is 22.9 Å². The van der Waals surface area contributed by atoms with E-state index >= 15 is 0 Å². The number of carbonyl (C=O) groups is 1. The van der Waals surface area contributed by atoms with Crippen LogP contribution in [-0.2, 0) is 7.05 Å². The van der Waals surface area contributed by atoms with Crippen molar-refractivity contribution < 1.29 is 4.79 Å². The van der Waals surface area contributed by atoms with E-state index in [0.717, 1.165) is 11.4 Å². The molecule has 1 aromatic carbocycles. The second-order valence-corrected chi connectivity index (χ2v) is 4.06. The second kappa shape index (κ2) is 4.40. The van der Waals surface area contributed by atoms with E-state index in [4.69, 9.17) is 11.5 Å². The van der Waals surface area contributed by atoms with Crippen molar-refractivity contribution in [3.05, 3.63) is 35.7 Å². The maximum atomic E-state index is 11.2. The molecule has 0 bridgehead atoms. The van der Waals surface area contributed by atoms with Gasteiger partial charge in [-0.25, -0.2) is 0 Å². The van der Waals surface area contributed by atoms with Gasteiger partial charge in [0.25, 0.3) is 5.91 Å². The van der Waals surface area contributed by atoms with Gasteiger partial charge in [-0.2, -0.15) is 5.10 Å². The molecule has 0 atom stereocenters. The molecule has 0 fully saturated rings. The summed E-state index contributed by atoms with van der Waals surface area (Å²) in [5, 5.41) is 7.36. The zero-order chi connectivity index (χ0) is 13.3. The fraction of sp³-hybridized carbons (Fsp3) is 0.167. The lowest BCUT2D eigenvalue weighted by molar-refractivity contribution is 0.100. The molecule has 18 heavy (non-hydrogen) atoms. The quantitative estimate of drug-likeness (QED) is 0.706. The number of carbonyl (C=O) groups excluding carboxylic acids is 1. The number of hydrogen-bond acceptors (Lipinski definition) is 4. The molecule has 0 aliphatic heterocycles. The lowest BCUT2D eigenvalue weighted by Gasteiger charge is -2.10. The summed E-state index contributed by atoms with van der Waals surface area (Å²) < 4.78 is 1.70. The maximum Gasteiger partial charge on any atom is 0.250 e. The van der Waals surface area contributed by atoms with Crippen molar-refractivity contribution in [1.29, 1.82) is 0 Å². The molecule has 0 aliphatic rings. The highest BCUT2D eigenvalue weighted by atomic mass is 16.1. The number of nitrogens with two attached hydrogens (primary N) is 2. The van der Waals surface area contributed by atoms with Crippen LogP contribution in [0.4, 0.5) is 17.1 Å². The summed E-state index contributed by atoms with van der Waals surface area (Å²) in [4.78, 5) is 11.2. The summed E-state index contributed by atoms with van der Waals surface area (Å²) in [6.07, 6.45) is 1.84. The molecule has 2 rings (SSSR count). The number of benzene rings is 1. The van der Waals surface area contributed by atoms with Gasteiger partial charge in [0.15, 0.2) is 0 Å². The summed E-state index contributed by atoms with van der Waals surface area (Å²) >= 11 is 0. The Morgan fingerprint density at radius 2 is 2.11 bits per heavy atom. The van der Waals surface area contributed by atoms with E-state index in [-0.39, 0.29) is 0 Å². The van der Waals surface area contributed by atoms with Crippen LogP contribution in [0.3, 0.4) is 0 Å². The number of aromatic nitrogens is 2. The van der Waals surface area contributed by atoms with E-state index in [9.17, 15) is 4.79 Å². The highest BCUT2D eigenvalue weighted by molar-refractivity contribution is 6.01. The van der Waals surface area contributed by atoms with Gasteiger partial charge >= 0.3 is 0 Å². The van der Waals surface area contributed by atoms with Gasteiger partial charge in [-0.3, -0.25) is 9.48 Å². The number of hydrogen-bond donors (Lipinski definition) is 3. The van der Waals surface area contributed by atoms with Crippen molar-refractivity contribution in [3.63, 3.8) is 0 Å². The van der Waals surface area contributed by atoms with Crippen LogP contribution >= 0.6 is 0 Å². The summed E-state index contributed by atoms with van der Waals surface area (Å²) in [5.41, 5.74) is 14.1. The summed E-state index contributed by atoms with van der Waals surface area (Å²) in [6, 6.07) is 5.11. The zero-order valence-corrected chi connectivity index (χ0v) is 10.3. The monoisotopic (exact) mass is 245 g/mol. The highest BCUT2D eigenvalue weighted by Gasteiger charge is 2.11. The van der Waals surface area contributed by atoms with Crippen LogP contribution in [0.1, 0.15) is 16.1 Å². The summed E-state index contributed by atoms with van der Waals surface area (Å²) in [7, 11) is 1.83. The number of amides is 1. The number of para-hydroxylation sites is 1.